The fraction of sp³-hybridized carbons (Fsp3) is 0.500. The van der Waals surface area contributed by atoms with Gasteiger partial charge in [0.2, 0.25) is 5.91 Å². The van der Waals surface area contributed by atoms with Gasteiger partial charge in [-0.1, -0.05) is 6.92 Å². The third-order valence-electron chi connectivity index (χ3n) is 2.44. The SMILES string of the molecule is CCNC(=O)CN(CC)Cc1ccnc(N)c1. The van der Waals surface area contributed by atoms with Crippen LogP contribution in [0.2, 0.25) is 0 Å². The van der Waals surface area contributed by atoms with Crippen LogP contribution in [0, 0.1) is 0 Å². The van der Waals surface area contributed by atoms with E-state index in [-0.39, 0.29) is 5.91 Å². The van der Waals surface area contributed by atoms with Crippen molar-refractivity contribution in [3.63, 3.8) is 0 Å². The van der Waals surface area contributed by atoms with Crippen LogP contribution in [-0.2, 0) is 11.3 Å². The number of hydrogen-bond acceptors (Lipinski definition) is 4. The summed E-state index contributed by atoms with van der Waals surface area (Å²) in [5, 5.41) is 2.79. The topological polar surface area (TPSA) is 71.2 Å². The Hall–Kier alpha value is -1.62. The van der Waals surface area contributed by atoms with Gasteiger partial charge < -0.3 is 11.1 Å². The highest BCUT2D eigenvalue weighted by Gasteiger charge is 2.08. The number of amides is 1. The Morgan fingerprint density at radius 1 is 1.53 bits per heavy atom. The normalized spacial score (nSPS) is 10.5. The van der Waals surface area contributed by atoms with Gasteiger partial charge in [0, 0.05) is 19.3 Å². The molecule has 5 nitrogen and oxygen atoms in total. The zero-order chi connectivity index (χ0) is 12.7. The van der Waals surface area contributed by atoms with Crippen LogP contribution in [0.5, 0.6) is 0 Å². The number of carbonyl (C=O) groups is 1. The molecule has 0 aliphatic carbocycles. The van der Waals surface area contributed by atoms with E-state index < -0.39 is 0 Å². The third-order valence-corrected chi connectivity index (χ3v) is 2.44. The lowest BCUT2D eigenvalue weighted by atomic mass is 10.2. The summed E-state index contributed by atoms with van der Waals surface area (Å²) in [6.45, 7) is 6.55. The first-order valence-electron chi connectivity index (χ1n) is 5.85. The minimum atomic E-state index is 0.0522. The number of pyridine rings is 1. The molecule has 0 aliphatic rings. The van der Waals surface area contributed by atoms with Crippen LogP contribution in [0.25, 0.3) is 0 Å². The molecule has 1 rings (SSSR count). The Labute approximate surface area is 102 Å². The number of nitrogens with zero attached hydrogens (tertiary/aromatic N) is 2. The van der Waals surface area contributed by atoms with Crippen LogP contribution < -0.4 is 11.1 Å². The van der Waals surface area contributed by atoms with Gasteiger partial charge in [-0.15, -0.1) is 0 Å². The van der Waals surface area contributed by atoms with E-state index in [1.807, 2.05) is 26.0 Å². The number of hydrogen-bond donors (Lipinski definition) is 2. The molecule has 1 heterocycles. The maximum absolute atomic E-state index is 11.5. The van der Waals surface area contributed by atoms with Crippen molar-refractivity contribution >= 4 is 11.7 Å². The summed E-state index contributed by atoms with van der Waals surface area (Å²) >= 11 is 0. The smallest absolute Gasteiger partial charge is 0.234 e. The molecule has 0 atom stereocenters. The number of nitrogens with one attached hydrogen (secondary N) is 1. The summed E-state index contributed by atoms with van der Waals surface area (Å²) in [7, 11) is 0. The number of likely N-dealkylation sites (N-methyl/N-ethyl adjacent to an activating group) is 2. The maximum atomic E-state index is 11.5. The van der Waals surface area contributed by atoms with Crippen molar-refractivity contribution in [3.8, 4) is 0 Å². The van der Waals surface area contributed by atoms with E-state index in [1.54, 1.807) is 6.20 Å². The summed E-state index contributed by atoms with van der Waals surface area (Å²) in [6.07, 6.45) is 1.69. The predicted octanol–water partition coefficient (Wildman–Crippen LogP) is 0.622. The highest BCUT2D eigenvalue weighted by atomic mass is 16.2. The molecule has 0 bridgehead atoms. The molecule has 3 N–H and O–H groups in total. The molecule has 1 aromatic heterocycles. The molecule has 0 saturated carbocycles. The molecule has 17 heavy (non-hydrogen) atoms. The largest absolute Gasteiger partial charge is 0.384 e. The number of nitrogens with two attached hydrogens (primary N) is 1. The minimum absolute atomic E-state index is 0.0522. The van der Waals surface area contributed by atoms with Crippen molar-refractivity contribution in [1.82, 2.24) is 15.2 Å². The van der Waals surface area contributed by atoms with E-state index in [0.29, 0.717) is 25.5 Å². The molecule has 94 valence electrons. The molecular weight excluding hydrogens is 216 g/mol. The van der Waals surface area contributed by atoms with Gasteiger partial charge in [0.1, 0.15) is 5.82 Å². The standard InChI is InChI=1S/C12H20N4O/c1-3-14-12(17)9-16(4-2)8-10-5-6-15-11(13)7-10/h5-7H,3-4,8-9H2,1-2H3,(H2,13,15)(H,14,17). The van der Waals surface area contributed by atoms with Gasteiger partial charge in [-0.25, -0.2) is 4.98 Å². The molecule has 5 heteroatoms. The molecule has 0 aliphatic heterocycles. The second-order valence-electron chi connectivity index (χ2n) is 3.85. The summed E-state index contributed by atoms with van der Waals surface area (Å²) in [6, 6.07) is 3.75. The first-order valence-corrected chi connectivity index (χ1v) is 5.85. The molecule has 0 spiro atoms. The molecule has 0 fully saturated rings. The molecule has 0 unspecified atom stereocenters. The van der Waals surface area contributed by atoms with E-state index in [1.165, 1.54) is 0 Å². The Kier molecular flexibility index (Phi) is 5.42. The highest BCUT2D eigenvalue weighted by Crippen LogP contribution is 2.06. The lowest BCUT2D eigenvalue weighted by Gasteiger charge is -2.19. The summed E-state index contributed by atoms with van der Waals surface area (Å²) < 4.78 is 0. The van der Waals surface area contributed by atoms with Crippen LogP contribution >= 0.6 is 0 Å². The zero-order valence-corrected chi connectivity index (χ0v) is 10.4. The van der Waals surface area contributed by atoms with E-state index in [9.17, 15) is 4.79 Å². The van der Waals surface area contributed by atoms with Crippen molar-refractivity contribution in [2.24, 2.45) is 0 Å². The predicted molar refractivity (Wildman–Crippen MR) is 68.3 cm³/mol. The zero-order valence-electron chi connectivity index (χ0n) is 10.4. The van der Waals surface area contributed by atoms with E-state index >= 15 is 0 Å². The molecule has 0 saturated heterocycles. The number of aromatic nitrogens is 1. The fourth-order valence-corrected chi connectivity index (χ4v) is 1.59. The second kappa shape index (κ2) is 6.85. The third kappa shape index (κ3) is 4.82. The van der Waals surface area contributed by atoms with E-state index in [4.69, 9.17) is 5.73 Å². The van der Waals surface area contributed by atoms with Crippen molar-refractivity contribution in [2.45, 2.75) is 20.4 Å². The van der Waals surface area contributed by atoms with Crippen LogP contribution in [0.1, 0.15) is 19.4 Å². The Morgan fingerprint density at radius 2 is 2.29 bits per heavy atom. The van der Waals surface area contributed by atoms with Crippen LogP contribution in [0.3, 0.4) is 0 Å². The minimum Gasteiger partial charge on any atom is -0.384 e. The van der Waals surface area contributed by atoms with Gasteiger partial charge in [-0.05, 0) is 31.2 Å². The van der Waals surface area contributed by atoms with Gasteiger partial charge in [-0.3, -0.25) is 9.69 Å². The van der Waals surface area contributed by atoms with Crippen molar-refractivity contribution in [1.29, 1.82) is 0 Å². The number of carbonyl (C=O) groups excluding carboxylic acids is 1. The van der Waals surface area contributed by atoms with Gasteiger partial charge in [-0.2, -0.15) is 0 Å². The number of rotatable bonds is 6. The quantitative estimate of drug-likeness (QED) is 0.759. The van der Waals surface area contributed by atoms with Crippen molar-refractivity contribution in [3.05, 3.63) is 23.9 Å². The molecule has 1 amide bonds. The van der Waals surface area contributed by atoms with Gasteiger partial charge in [0.05, 0.1) is 6.54 Å². The fourth-order valence-electron chi connectivity index (χ4n) is 1.59. The lowest BCUT2D eigenvalue weighted by molar-refractivity contribution is -0.122. The summed E-state index contributed by atoms with van der Waals surface area (Å²) in [5.41, 5.74) is 6.69. The van der Waals surface area contributed by atoms with Crippen LogP contribution in [0.4, 0.5) is 5.82 Å². The average Bonchev–Trinajstić information content (AvgIpc) is 2.28. The Bertz CT molecular complexity index is 367. The van der Waals surface area contributed by atoms with Crippen LogP contribution in [-0.4, -0.2) is 35.4 Å². The van der Waals surface area contributed by atoms with Crippen LogP contribution in [0.15, 0.2) is 18.3 Å². The molecule has 0 radical (unpaired) electrons. The van der Waals surface area contributed by atoms with E-state index in [0.717, 1.165) is 12.1 Å². The number of anilines is 1. The van der Waals surface area contributed by atoms with Crippen molar-refractivity contribution in [2.75, 3.05) is 25.4 Å². The molecular formula is C12H20N4O. The Balaban J connectivity index is 2.54. The first-order chi connectivity index (χ1) is 8.15. The van der Waals surface area contributed by atoms with Gasteiger partial charge >= 0.3 is 0 Å². The first kappa shape index (κ1) is 13.4. The van der Waals surface area contributed by atoms with Gasteiger partial charge in [0.25, 0.3) is 0 Å². The monoisotopic (exact) mass is 236 g/mol. The van der Waals surface area contributed by atoms with Crippen molar-refractivity contribution < 1.29 is 4.79 Å². The molecule has 0 aromatic carbocycles. The Morgan fingerprint density at radius 3 is 2.88 bits per heavy atom. The lowest BCUT2D eigenvalue weighted by Crippen LogP contribution is -2.36. The number of nitrogen functional groups attached to an aromatic ring is 1. The average molecular weight is 236 g/mol. The van der Waals surface area contributed by atoms with Gasteiger partial charge in [0.15, 0.2) is 0 Å². The highest BCUT2D eigenvalue weighted by molar-refractivity contribution is 5.77. The summed E-state index contributed by atoms with van der Waals surface area (Å²) in [4.78, 5) is 17.5. The maximum Gasteiger partial charge on any atom is 0.234 e. The second-order valence-corrected chi connectivity index (χ2v) is 3.85. The summed E-state index contributed by atoms with van der Waals surface area (Å²) in [5.74, 6) is 0.563. The molecule has 1 aromatic rings. The van der Waals surface area contributed by atoms with E-state index in [2.05, 4.69) is 15.2 Å².